The molecule has 8 heteroatoms. The van der Waals surface area contributed by atoms with Gasteiger partial charge >= 0.3 is 0 Å². The SMILES string of the molecule is O=C(NC(CCO)Cc1ccccc1)c1cccc(NS(=O)(=O)c2cccs2)c1. The molecule has 0 saturated carbocycles. The molecule has 0 spiro atoms. The van der Waals surface area contributed by atoms with Crippen molar-refractivity contribution in [2.45, 2.75) is 23.1 Å². The van der Waals surface area contributed by atoms with E-state index in [2.05, 4.69) is 10.0 Å². The van der Waals surface area contributed by atoms with E-state index in [1.54, 1.807) is 29.6 Å². The van der Waals surface area contributed by atoms with Crippen LogP contribution in [0.25, 0.3) is 0 Å². The minimum atomic E-state index is -3.68. The summed E-state index contributed by atoms with van der Waals surface area (Å²) >= 11 is 1.12. The number of hydrogen-bond donors (Lipinski definition) is 3. The van der Waals surface area contributed by atoms with Crippen molar-refractivity contribution >= 4 is 33.0 Å². The van der Waals surface area contributed by atoms with Crippen LogP contribution in [-0.2, 0) is 16.4 Å². The van der Waals surface area contributed by atoms with Gasteiger partial charge in [-0.25, -0.2) is 8.42 Å². The van der Waals surface area contributed by atoms with Crippen molar-refractivity contribution in [3.8, 4) is 0 Å². The van der Waals surface area contributed by atoms with Gasteiger partial charge in [-0.15, -0.1) is 11.3 Å². The smallest absolute Gasteiger partial charge is 0.271 e. The van der Waals surface area contributed by atoms with Crippen LogP contribution in [-0.4, -0.2) is 32.1 Å². The molecule has 29 heavy (non-hydrogen) atoms. The molecule has 3 rings (SSSR count). The second-order valence-electron chi connectivity index (χ2n) is 6.49. The van der Waals surface area contributed by atoms with Gasteiger partial charge in [0.1, 0.15) is 4.21 Å². The van der Waals surface area contributed by atoms with Crippen molar-refractivity contribution < 1.29 is 18.3 Å². The molecule has 0 aliphatic heterocycles. The fourth-order valence-corrected chi connectivity index (χ4v) is 4.94. The van der Waals surface area contributed by atoms with Crippen molar-refractivity contribution in [1.82, 2.24) is 5.32 Å². The van der Waals surface area contributed by atoms with Crippen LogP contribution in [0.5, 0.6) is 0 Å². The van der Waals surface area contributed by atoms with E-state index in [0.717, 1.165) is 16.9 Å². The van der Waals surface area contributed by atoms with Gasteiger partial charge < -0.3 is 10.4 Å². The summed E-state index contributed by atoms with van der Waals surface area (Å²) in [6.07, 6.45) is 1.02. The van der Waals surface area contributed by atoms with E-state index < -0.39 is 10.0 Å². The van der Waals surface area contributed by atoms with Crippen LogP contribution < -0.4 is 10.0 Å². The summed E-state index contributed by atoms with van der Waals surface area (Å²) < 4.78 is 27.5. The Morgan fingerprint density at radius 2 is 1.83 bits per heavy atom. The first-order chi connectivity index (χ1) is 14.0. The maximum Gasteiger partial charge on any atom is 0.271 e. The Balaban J connectivity index is 1.71. The van der Waals surface area contributed by atoms with Gasteiger partial charge in [-0.05, 0) is 48.1 Å². The zero-order chi connectivity index (χ0) is 20.7. The Hall–Kier alpha value is -2.68. The van der Waals surface area contributed by atoms with Crippen LogP contribution in [0.4, 0.5) is 5.69 Å². The van der Waals surface area contributed by atoms with Crippen LogP contribution in [0.1, 0.15) is 22.3 Å². The van der Waals surface area contributed by atoms with Gasteiger partial charge in [0.2, 0.25) is 0 Å². The topological polar surface area (TPSA) is 95.5 Å². The third-order valence-corrected chi connectivity index (χ3v) is 7.05. The highest BCUT2D eigenvalue weighted by atomic mass is 32.2. The van der Waals surface area contributed by atoms with Crippen molar-refractivity contribution in [2.75, 3.05) is 11.3 Å². The van der Waals surface area contributed by atoms with Crippen LogP contribution in [0.3, 0.4) is 0 Å². The van der Waals surface area contributed by atoms with E-state index in [9.17, 15) is 18.3 Å². The largest absolute Gasteiger partial charge is 0.396 e. The Labute approximate surface area is 174 Å². The lowest BCUT2D eigenvalue weighted by Crippen LogP contribution is -2.37. The predicted octanol–water partition coefficient (Wildman–Crippen LogP) is 3.27. The molecule has 3 N–H and O–H groups in total. The van der Waals surface area contributed by atoms with Gasteiger partial charge in [0, 0.05) is 23.9 Å². The van der Waals surface area contributed by atoms with E-state index in [4.69, 9.17) is 0 Å². The summed E-state index contributed by atoms with van der Waals surface area (Å²) in [5, 5.41) is 13.9. The zero-order valence-corrected chi connectivity index (χ0v) is 17.2. The molecule has 0 fully saturated rings. The first-order valence-electron chi connectivity index (χ1n) is 9.10. The molecule has 1 heterocycles. The molecular formula is C21H22N2O4S2. The summed E-state index contributed by atoms with van der Waals surface area (Å²) in [4.78, 5) is 12.7. The lowest BCUT2D eigenvalue weighted by atomic mass is 10.0. The Kier molecular flexibility index (Phi) is 7.03. The molecule has 1 unspecified atom stereocenters. The van der Waals surface area contributed by atoms with Crippen molar-refractivity contribution in [3.63, 3.8) is 0 Å². The minimum Gasteiger partial charge on any atom is -0.396 e. The van der Waals surface area contributed by atoms with Crippen LogP contribution in [0, 0.1) is 0 Å². The summed E-state index contributed by atoms with van der Waals surface area (Å²) in [5.41, 5.74) is 1.71. The number of thiophene rings is 1. The number of carbonyl (C=O) groups excluding carboxylic acids is 1. The van der Waals surface area contributed by atoms with Gasteiger partial charge in [0.25, 0.3) is 15.9 Å². The lowest BCUT2D eigenvalue weighted by Gasteiger charge is -2.18. The number of amides is 1. The highest BCUT2D eigenvalue weighted by Crippen LogP contribution is 2.21. The van der Waals surface area contributed by atoms with Crippen LogP contribution >= 0.6 is 11.3 Å². The molecule has 0 aliphatic carbocycles. The summed E-state index contributed by atoms with van der Waals surface area (Å²) in [6, 6.07) is 19.0. The van der Waals surface area contributed by atoms with Gasteiger partial charge in [-0.2, -0.15) is 0 Å². The summed E-state index contributed by atoms with van der Waals surface area (Å²) in [5.74, 6) is -0.323. The van der Waals surface area contributed by atoms with E-state index in [-0.39, 0.29) is 22.8 Å². The number of aliphatic hydroxyl groups excluding tert-OH is 1. The second kappa shape index (κ2) is 9.69. The van der Waals surface area contributed by atoms with Gasteiger partial charge in [0.05, 0.1) is 0 Å². The van der Waals surface area contributed by atoms with Crippen molar-refractivity contribution in [2.24, 2.45) is 0 Å². The molecule has 3 aromatic rings. The fourth-order valence-electron chi connectivity index (χ4n) is 2.89. The summed E-state index contributed by atoms with van der Waals surface area (Å²) in [6.45, 7) is -0.0432. The molecule has 6 nitrogen and oxygen atoms in total. The number of rotatable bonds is 9. The molecule has 152 valence electrons. The van der Waals surface area contributed by atoms with Gasteiger partial charge in [-0.3, -0.25) is 9.52 Å². The van der Waals surface area contributed by atoms with Gasteiger partial charge in [-0.1, -0.05) is 42.5 Å². The first-order valence-corrected chi connectivity index (χ1v) is 11.5. The number of carbonyl (C=O) groups is 1. The number of nitrogens with one attached hydrogen (secondary N) is 2. The highest BCUT2D eigenvalue weighted by molar-refractivity contribution is 7.94. The van der Waals surface area contributed by atoms with Crippen LogP contribution in [0.2, 0.25) is 0 Å². The predicted molar refractivity (Wildman–Crippen MR) is 115 cm³/mol. The minimum absolute atomic E-state index is 0.0432. The molecule has 0 aliphatic rings. The van der Waals surface area contributed by atoms with E-state index >= 15 is 0 Å². The number of benzene rings is 2. The fraction of sp³-hybridized carbons (Fsp3) is 0.190. The monoisotopic (exact) mass is 430 g/mol. The maximum atomic E-state index is 12.7. The second-order valence-corrected chi connectivity index (χ2v) is 9.35. The molecule has 0 saturated heterocycles. The van der Waals surface area contributed by atoms with Gasteiger partial charge in [0.15, 0.2) is 0 Å². The molecule has 1 aromatic heterocycles. The standard InChI is InChI=1S/C21H22N2O4S2/c24-12-11-18(14-16-6-2-1-3-7-16)22-21(25)17-8-4-9-19(15-17)23-29(26,27)20-10-5-13-28-20/h1-10,13,15,18,23-24H,11-12,14H2,(H,22,25). The number of aliphatic hydroxyl groups is 1. The first kappa shape index (κ1) is 21.0. The number of anilines is 1. The molecule has 0 bridgehead atoms. The van der Waals surface area contributed by atoms with Crippen molar-refractivity contribution in [1.29, 1.82) is 0 Å². The molecular weight excluding hydrogens is 408 g/mol. The highest BCUT2D eigenvalue weighted by Gasteiger charge is 2.17. The molecule has 1 amide bonds. The molecule has 1 atom stereocenters. The third kappa shape index (κ3) is 5.90. The quantitative estimate of drug-likeness (QED) is 0.485. The van der Waals surface area contributed by atoms with E-state index in [1.807, 2.05) is 30.3 Å². The van der Waals surface area contributed by atoms with E-state index in [1.165, 1.54) is 12.1 Å². The third-order valence-electron chi connectivity index (χ3n) is 4.27. The number of sulfonamides is 1. The van der Waals surface area contributed by atoms with Crippen molar-refractivity contribution in [3.05, 3.63) is 83.2 Å². The van der Waals surface area contributed by atoms with Crippen LogP contribution in [0.15, 0.2) is 76.3 Å². The average Bonchev–Trinajstić information content (AvgIpc) is 3.25. The Morgan fingerprint density at radius 1 is 1.03 bits per heavy atom. The normalized spacial score (nSPS) is 12.3. The Bertz CT molecular complexity index is 1040. The molecule has 0 radical (unpaired) electrons. The molecule has 2 aromatic carbocycles. The lowest BCUT2D eigenvalue weighted by molar-refractivity contribution is 0.0930. The Morgan fingerprint density at radius 3 is 2.52 bits per heavy atom. The zero-order valence-electron chi connectivity index (χ0n) is 15.6. The summed E-state index contributed by atoms with van der Waals surface area (Å²) in [7, 11) is -3.68. The maximum absolute atomic E-state index is 12.7. The van der Waals surface area contributed by atoms with E-state index in [0.29, 0.717) is 24.1 Å². The average molecular weight is 431 g/mol. The number of hydrogen-bond acceptors (Lipinski definition) is 5.